The molecule has 4 aromatic rings. The molecule has 0 aliphatic rings. The van der Waals surface area contributed by atoms with E-state index in [9.17, 15) is 43.9 Å². The Kier molecular flexibility index (Phi) is 9.56. The average Bonchev–Trinajstić information content (AvgIpc) is 2.95. The zero-order valence-corrected chi connectivity index (χ0v) is 22.8. The van der Waals surface area contributed by atoms with E-state index in [0.29, 0.717) is 29.2 Å². The fraction of sp³-hybridized carbons (Fsp3) is 0.152. The standard InChI is InChI=1S/C33H22F10O/c1-2-3-4-5-26(34)31(38)22-12-10-20(11-13-22)19-6-8-21(9-7-19)23-14-15-25(27(35)16-23)33(42,43)44-24-17-28(36)30(29(37)18-24)32(39,40)41/h2-3,6-18H,4-5H2,1H3. The molecule has 0 aromatic heterocycles. The van der Waals surface area contributed by atoms with Gasteiger partial charge in [0.05, 0.1) is 5.56 Å². The number of hydrogen-bond donors (Lipinski definition) is 0. The Bertz CT molecular complexity index is 1660. The third-order valence-corrected chi connectivity index (χ3v) is 6.52. The Morgan fingerprint density at radius 1 is 0.682 bits per heavy atom. The molecule has 0 aliphatic heterocycles. The summed E-state index contributed by atoms with van der Waals surface area (Å²) in [4.78, 5) is 0. The molecule has 0 fully saturated rings. The first-order valence-corrected chi connectivity index (χ1v) is 13.0. The van der Waals surface area contributed by atoms with E-state index in [4.69, 9.17) is 0 Å². The number of halogens is 10. The molecule has 11 heteroatoms. The topological polar surface area (TPSA) is 9.23 Å². The van der Waals surface area contributed by atoms with Gasteiger partial charge in [0.2, 0.25) is 0 Å². The monoisotopic (exact) mass is 624 g/mol. The van der Waals surface area contributed by atoms with Crippen molar-refractivity contribution in [3.05, 3.63) is 131 Å². The maximum Gasteiger partial charge on any atom is 0.429 e. The number of hydrogen-bond acceptors (Lipinski definition) is 1. The highest BCUT2D eigenvalue weighted by Gasteiger charge is 2.41. The third-order valence-electron chi connectivity index (χ3n) is 6.52. The quantitative estimate of drug-likeness (QED) is 0.133. The summed E-state index contributed by atoms with van der Waals surface area (Å²) >= 11 is 0. The van der Waals surface area contributed by atoms with Crippen LogP contribution in [0.1, 0.15) is 36.5 Å². The van der Waals surface area contributed by atoms with Crippen molar-refractivity contribution in [3.63, 3.8) is 0 Å². The van der Waals surface area contributed by atoms with Gasteiger partial charge in [-0.1, -0.05) is 66.7 Å². The van der Waals surface area contributed by atoms with E-state index in [1.807, 2.05) is 0 Å². The number of ether oxygens (including phenoxy) is 1. The summed E-state index contributed by atoms with van der Waals surface area (Å²) < 4.78 is 143. The van der Waals surface area contributed by atoms with Crippen LogP contribution in [0.2, 0.25) is 0 Å². The van der Waals surface area contributed by atoms with Crippen molar-refractivity contribution in [1.82, 2.24) is 0 Å². The minimum Gasteiger partial charge on any atom is -0.429 e. The van der Waals surface area contributed by atoms with Crippen LogP contribution in [-0.2, 0) is 12.3 Å². The normalized spacial score (nSPS) is 12.9. The van der Waals surface area contributed by atoms with Crippen LogP contribution in [0.25, 0.3) is 28.1 Å². The van der Waals surface area contributed by atoms with Gasteiger partial charge in [-0.05, 0) is 47.7 Å². The van der Waals surface area contributed by atoms with Gasteiger partial charge < -0.3 is 4.74 Å². The van der Waals surface area contributed by atoms with E-state index in [0.717, 1.165) is 12.1 Å². The summed E-state index contributed by atoms with van der Waals surface area (Å²) in [6, 6.07) is 14.9. The molecule has 0 amide bonds. The molecule has 0 aliphatic carbocycles. The van der Waals surface area contributed by atoms with Crippen molar-refractivity contribution in [1.29, 1.82) is 0 Å². The van der Waals surface area contributed by atoms with Gasteiger partial charge in [-0.25, -0.2) is 22.0 Å². The molecule has 0 atom stereocenters. The molecular weight excluding hydrogens is 602 g/mol. The van der Waals surface area contributed by atoms with Crippen molar-refractivity contribution < 1.29 is 48.6 Å². The van der Waals surface area contributed by atoms with Crippen LogP contribution in [0, 0.1) is 17.5 Å². The second kappa shape index (κ2) is 13.0. The van der Waals surface area contributed by atoms with E-state index in [2.05, 4.69) is 4.74 Å². The van der Waals surface area contributed by atoms with E-state index >= 15 is 0 Å². The smallest absolute Gasteiger partial charge is 0.429 e. The van der Waals surface area contributed by atoms with Crippen molar-refractivity contribution in [2.24, 2.45) is 0 Å². The number of allylic oxidation sites excluding steroid dienone is 3. The summed E-state index contributed by atoms with van der Waals surface area (Å²) in [7, 11) is 0. The second-order valence-corrected chi connectivity index (χ2v) is 9.55. The maximum absolute atomic E-state index is 14.8. The SMILES string of the molecule is CC=CCCC(F)=C(F)c1ccc(-c2ccc(-c3ccc(C(F)(F)Oc4cc(F)c(C(F)(F)F)c(F)c4)c(F)c3)cc2)cc1. The van der Waals surface area contributed by atoms with Crippen molar-refractivity contribution in [2.75, 3.05) is 0 Å². The molecule has 4 rings (SSSR count). The van der Waals surface area contributed by atoms with Crippen LogP contribution in [0.4, 0.5) is 43.9 Å². The Morgan fingerprint density at radius 3 is 1.68 bits per heavy atom. The first kappa shape index (κ1) is 32.4. The molecule has 0 N–H and O–H groups in total. The van der Waals surface area contributed by atoms with Crippen LogP contribution >= 0.6 is 0 Å². The summed E-state index contributed by atoms with van der Waals surface area (Å²) in [5.41, 5.74) is -1.59. The first-order chi connectivity index (χ1) is 20.7. The zero-order valence-electron chi connectivity index (χ0n) is 22.8. The summed E-state index contributed by atoms with van der Waals surface area (Å²) in [6.07, 6.45) is -6.14. The molecule has 230 valence electrons. The summed E-state index contributed by atoms with van der Waals surface area (Å²) in [6.45, 7) is 1.78. The highest BCUT2D eigenvalue weighted by molar-refractivity contribution is 5.72. The van der Waals surface area contributed by atoms with Gasteiger partial charge in [-0.15, -0.1) is 0 Å². The van der Waals surface area contributed by atoms with Crippen LogP contribution < -0.4 is 4.74 Å². The predicted octanol–water partition coefficient (Wildman–Crippen LogP) is 11.5. The lowest BCUT2D eigenvalue weighted by Gasteiger charge is -2.20. The van der Waals surface area contributed by atoms with E-state index in [-0.39, 0.29) is 29.7 Å². The zero-order chi connectivity index (χ0) is 32.2. The Balaban J connectivity index is 1.50. The summed E-state index contributed by atoms with van der Waals surface area (Å²) in [5.74, 6) is -8.88. The lowest BCUT2D eigenvalue weighted by atomic mass is 9.98. The molecule has 0 spiro atoms. The average molecular weight is 625 g/mol. The minimum atomic E-state index is -5.41. The van der Waals surface area contributed by atoms with E-state index in [1.165, 1.54) is 12.1 Å². The lowest BCUT2D eigenvalue weighted by molar-refractivity contribution is -0.187. The highest BCUT2D eigenvalue weighted by Crippen LogP contribution is 2.39. The fourth-order valence-electron chi connectivity index (χ4n) is 4.32. The number of alkyl halides is 5. The summed E-state index contributed by atoms with van der Waals surface area (Å²) in [5, 5.41) is 0. The van der Waals surface area contributed by atoms with Gasteiger partial charge in [0.15, 0.2) is 5.83 Å². The molecule has 44 heavy (non-hydrogen) atoms. The van der Waals surface area contributed by atoms with Gasteiger partial charge in [-0.2, -0.15) is 22.0 Å². The van der Waals surface area contributed by atoms with E-state index in [1.54, 1.807) is 55.5 Å². The number of rotatable bonds is 9. The third kappa shape index (κ3) is 7.32. The molecule has 0 saturated carbocycles. The van der Waals surface area contributed by atoms with Gasteiger partial charge in [0.1, 0.15) is 34.6 Å². The second-order valence-electron chi connectivity index (χ2n) is 9.55. The molecule has 4 aromatic carbocycles. The molecule has 0 radical (unpaired) electrons. The Morgan fingerprint density at radius 2 is 1.18 bits per heavy atom. The van der Waals surface area contributed by atoms with Crippen molar-refractivity contribution >= 4 is 5.83 Å². The molecule has 0 bridgehead atoms. The molecule has 0 heterocycles. The van der Waals surface area contributed by atoms with Crippen LogP contribution in [0.3, 0.4) is 0 Å². The van der Waals surface area contributed by atoms with Gasteiger partial charge in [-0.3, -0.25) is 0 Å². The largest absolute Gasteiger partial charge is 0.429 e. The highest BCUT2D eigenvalue weighted by atomic mass is 19.4. The Labute approximate surface area is 245 Å². The first-order valence-electron chi connectivity index (χ1n) is 13.0. The number of benzene rings is 4. The molecule has 0 unspecified atom stereocenters. The molecule has 0 saturated heterocycles. The Hall–Kier alpha value is -4.54. The fourth-order valence-corrected chi connectivity index (χ4v) is 4.32. The lowest BCUT2D eigenvalue weighted by Crippen LogP contribution is -2.24. The van der Waals surface area contributed by atoms with Crippen LogP contribution in [0.5, 0.6) is 5.75 Å². The van der Waals surface area contributed by atoms with Gasteiger partial charge >= 0.3 is 12.3 Å². The van der Waals surface area contributed by atoms with Crippen molar-refractivity contribution in [3.8, 4) is 28.0 Å². The van der Waals surface area contributed by atoms with Crippen molar-refractivity contribution in [2.45, 2.75) is 32.1 Å². The van der Waals surface area contributed by atoms with E-state index < -0.39 is 58.3 Å². The maximum atomic E-state index is 14.8. The van der Waals surface area contributed by atoms with Gasteiger partial charge in [0, 0.05) is 24.1 Å². The van der Waals surface area contributed by atoms with Crippen LogP contribution in [-0.4, -0.2) is 0 Å². The molecular formula is C33H22F10O. The van der Waals surface area contributed by atoms with Crippen LogP contribution in [0.15, 0.2) is 96.8 Å². The van der Waals surface area contributed by atoms with Gasteiger partial charge in [0.25, 0.3) is 0 Å². The molecule has 1 nitrogen and oxygen atoms in total. The minimum absolute atomic E-state index is 0.0647. The predicted molar refractivity (Wildman–Crippen MR) is 146 cm³/mol.